The SMILES string of the molecule is CCOC(=O)c1cc(C)cc(C)c1C.CCOC(C)=O. The molecule has 0 aliphatic carbocycles. The maximum Gasteiger partial charge on any atom is 0.338 e. The highest BCUT2D eigenvalue weighted by molar-refractivity contribution is 5.91. The minimum atomic E-state index is -0.225. The second-order valence-electron chi connectivity index (χ2n) is 4.40. The predicted molar refractivity (Wildman–Crippen MR) is 78.9 cm³/mol. The maximum absolute atomic E-state index is 11.5. The lowest BCUT2D eigenvalue weighted by atomic mass is 10.0. The molecule has 0 amide bonds. The van der Waals surface area contributed by atoms with Gasteiger partial charge in [-0.15, -0.1) is 0 Å². The van der Waals surface area contributed by atoms with Crippen molar-refractivity contribution < 1.29 is 19.1 Å². The molecule has 1 rings (SSSR count). The van der Waals surface area contributed by atoms with Crippen molar-refractivity contribution in [2.75, 3.05) is 13.2 Å². The Hall–Kier alpha value is -1.84. The van der Waals surface area contributed by atoms with Gasteiger partial charge in [0, 0.05) is 6.92 Å². The number of hydrogen-bond acceptors (Lipinski definition) is 4. The van der Waals surface area contributed by atoms with Gasteiger partial charge in [-0.1, -0.05) is 6.07 Å². The zero-order valence-corrected chi connectivity index (χ0v) is 13.2. The number of esters is 2. The molecule has 1 aromatic carbocycles. The lowest BCUT2D eigenvalue weighted by Gasteiger charge is -2.09. The summed E-state index contributed by atoms with van der Waals surface area (Å²) in [7, 11) is 0. The molecule has 0 spiro atoms. The minimum Gasteiger partial charge on any atom is -0.466 e. The van der Waals surface area contributed by atoms with E-state index in [0.29, 0.717) is 18.8 Å². The van der Waals surface area contributed by atoms with Gasteiger partial charge in [0.1, 0.15) is 0 Å². The van der Waals surface area contributed by atoms with Gasteiger partial charge in [-0.2, -0.15) is 0 Å². The van der Waals surface area contributed by atoms with Crippen molar-refractivity contribution in [3.8, 4) is 0 Å². The van der Waals surface area contributed by atoms with Crippen molar-refractivity contribution in [1.82, 2.24) is 0 Å². The largest absolute Gasteiger partial charge is 0.466 e. The van der Waals surface area contributed by atoms with Crippen LogP contribution >= 0.6 is 0 Å². The first kappa shape index (κ1) is 18.2. The maximum atomic E-state index is 11.5. The summed E-state index contributed by atoms with van der Waals surface area (Å²) >= 11 is 0. The van der Waals surface area contributed by atoms with Gasteiger partial charge in [-0.05, 0) is 57.4 Å². The summed E-state index contributed by atoms with van der Waals surface area (Å²) in [6.07, 6.45) is 0. The van der Waals surface area contributed by atoms with Crippen molar-refractivity contribution in [3.63, 3.8) is 0 Å². The summed E-state index contributed by atoms with van der Waals surface area (Å²) in [4.78, 5) is 21.4. The molecule has 0 unspecified atom stereocenters. The van der Waals surface area contributed by atoms with Gasteiger partial charge in [0.15, 0.2) is 0 Å². The number of ether oxygens (including phenoxy) is 2. The van der Waals surface area contributed by atoms with E-state index in [1.807, 2.05) is 33.8 Å². The Morgan fingerprint density at radius 3 is 1.95 bits per heavy atom. The first-order valence-corrected chi connectivity index (χ1v) is 6.71. The van der Waals surface area contributed by atoms with E-state index in [2.05, 4.69) is 10.8 Å². The molecular formula is C16H24O4. The molecule has 0 bridgehead atoms. The molecular weight excluding hydrogens is 256 g/mol. The van der Waals surface area contributed by atoms with E-state index in [-0.39, 0.29) is 11.9 Å². The van der Waals surface area contributed by atoms with Gasteiger partial charge < -0.3 is 9.47 Å². The summed E-state index contributed by atoms with van der Waals surface area (Å²) in [6, 6.07) is 3.94. The molecule has 0 aromatic heterocycles. The van der Waals surface area contributed by atoms with Crippen LogP contribution in [0.3, 0.4) is 0 Å². The monoisotopic (exact) mass is 280 g/mol. The molecule has 4 heteroatoms. The normalized spacial score (nSPS) is 9.30. The summed E-state index contributed by atoms with van der Waals surface area (Å²) < 4.78 is 9.38. The van der Waals surface area contributed by atoms with Gasteiger partial charge in [0.2, 0.25) is 0 Å². The third-order valence-corrected chi connectivity index (χ3v) is 2.65. The topological polar surface area (TPSA) is 52.6 Å². The fourth-order valence-electron chi connectivity index (χ4n) is 1.66. The number of benzene rings is 1. The predicted octanol–water partition coefficient (Wildman–Crippen LogP) is 3.36. The quantitative estimate of drug-likeness (QED) is 0.797. The van der Waals surface area contributed by atoms with E-state index in [1.165, 1.54) is 6.92 Å². The fourth-order valence-corrected chi connectivity index (χ4v) is 1.66. The number of carbonyl (C=O) groups excluding carboxylic acids is 2. The molecule has 0 saturated carbocycles. The van der Waals surface area contributed by atoms with Crippen LogP contribution in [0.2, 0.25) is 0 Å². The second kappa shape index (κ2) is 9.13. The van der Waals surface area contributed by atoms with Crippen molar-refractivity contribution >= 4 is 11.9 Å². The number of rotatable bonds is 3. The molecule has 20 heavy (non-hydrogen) atoms. The number of carbonyl (C=O) groups is 2. The van der Waals surface area contributed by atoms with Gasteiger partial charge in [0.25, 0.3) is 0 Å². The molecule has 0 heterocycles. The van der Waals surface area contributed by atoms with Gasteiger partial charge in [-0.25, -0.2) is 4.79 Å². The third kappa shape index (κ3) is 6.36. The van der Waals surface area contributed by atoms with Crippen molar-refractivity contribution in [2.24, 2.45) is 0 Å². The van der Waals surface area contributed by atoms with E-state index >= 15 is 0 Å². The standard InChI is InChI=1S/C12H16O2.C4H8O2/c1-5-14-12(13)11-7-8(2)6-9(3)10(11)4;1-3-6-4(2)5/h6-7H,5H2,1-4H3;3H2,1-2H3. The lowest BCUT2D eigenvalue weighted by molar-refractivity contribution is -0.140. The van der Waals surface area contributed by atoms with Crippen LogP contribution in [0.1, 0.15) is 47.8 Å². The highest BCUT2D eigenvalue weighted by Crippen LogP contribution is 2.16. The average Bonchev–Trinajstić information content (AvgIpc) is 2.34. The molecule has 0 fully saturated rings. The molecule has 0 aliphatic rings. The Bertz CT molecular complexity index is 464. The zero-order valence-electron chi connectivity index (χ0n) is 13.2. The van der Waals surface area contributed by atoms with Crippen LogP contribution in [0.25, 0.3) is 0 Å². The zero-order chi connectivity index (χ0) is 15.7. The van der Waals surface area contributed by atoms with Crippen LogP contribution in [-0.4, -0.2) is 25.2 Å². The average molecular weight is 280 g/mol. The van der Waals surface area contributed by atoms with E-state index in [0.717, 1.165) is 16.7 Å². The highest BCUT2D eigenvalue weighted by Gasteiger charge is 2.11. The second-order valence-corrected chi connectivity index (χ2v) is 4.40. The summed E-state index contributed by atoms with van der Waals surface area (Å²) in [6.45, 7) is 11.8. The summed E-state index contributed by atoms with van der Waals surface area (Å²) in [5, 5.41) is 0. The van der Waals surface area contributed by atoms with Crippen LogP contribution in [0.15, 0.2) is 12.1 Å². The van der Waals surface area contributed by atoms with Crippen LogP contribution in [0.4, 0.5) is 0 Å². The Morgan fingerprint density at radius 2 is 1.55 bits per heavy atom. The molecule has 0 atom stereocenters. The Kier molecular flexibility index (Phi) is 8.29. The Labute approximate surface area is 121 Å². The molecule has 112 valence electrons. The smallest absolute Gasteiger partial charge is 0.338 e. The fraction of sp³-hybridized carbons (Fsp3) is 0.500. The van der Waals surface area contributed by atoms with Crippen LogP contribution < -0.4 is 0 Å². The number of hydrogen-bond donors (Lipinski definition) is 0. The Balaban J connectivity index is 0.000000511. The van der Waals surface area contributed by atoms with Crippen molar-refractivity contribution in [2.45, 2.75) is 41.5 Å². The first-order chi connectivity index (χ1) is 9.33. The molecule has 0 N–H and O–H groups in total. The van der Waals surface area contributed by atoms with Crippen LogP contribution in [0, 0.1) is 20.8 Å². The van der Waals surface area contributed by atoms with Gasteiger partial charge in [0.05, 0.1) is 18.8 Å². The first-order valence-electron chi connectivity index (χ1n) is 6.71. The van der Waals surface area contributed by atoms with Crippen molar-refractivity contribution in [3.05, 3.63) is 34.4 Å². The third-order valence-electron chi connectivity index (χ3n) is 2.65. The number of aryl methyl sites for hydroxylation is 2. The highest BCUT2D eigenvalue weighted by atomic mass is 16.5. The van der Waals surface area contributed by atoms with Gasteiger partial charge in [-0.3, -0.25) is 4.79 Å². The molecule has 0 radical (unpaired) electrons. The lowest BCUT2D eigenvalue weighted by Crippen LogP contribution is -2.08. The Morgan fingerprint density at radius 1 is 1.00 bits per heavy atom. The van der Waals surface area contributed by atoms with Crippen LogP contribution in [-0.2, 0) is 14.3 Å². The van der Waals surface area contributed by atoms with Gasteiger partial charge >= 0.3 is 11.9 Å². The van der Waals surface area contributed by atoms with E-state index in [1.54, 1.807) is 6.92 Å². The van der Waals surface area contributed by atoms with Crippen molar-refractivity contribution in [1.29, 1.82) is 0 Å². The summed E-state index contributed by atoms with van der Waals surface area (Å²) in [5.41, 5.74) is 3.92. The van der Waals surface area contributed by atoms with Crippen LogP contribution in [0.5, 0.6) is 0 Å². The van der Waals surface area contributed by atoms with E-state index < -0.39 is 0 Å². The molecule has 4 nitrogen and oxygen atoms in total. The van der Waals surface area contributed by atoms with E-state index in [4.69, 9.17) is 4.74 Å². The minimum absolute atomic E-state index is 0.211. The molecule has 0 aliphatic heterocycles. The summed E-state index contributed by atoms with van der Waals surface area (Å²) in [5.74, 6) is -0.436. The molecule has 1 aromatic rings. The molecule has 0 saturated heterocycles. The van der Waals surface area contributed by atoms with E-state index in [9.17, 15) is 9.59 Å².